The Morgan fingerprint density at radius 2 is 1.68 bits per heavy atom. The van der Waals surface area contributed by atoms with Crippen LogP contribution in [0.15, 0.2) is 65.7 Å². The first-order valence-corrected chi connectivity index (χ1v) is 7.06. The Morgan fingerprint density at radius 1 is 1.05 bits per heavy atom. The highest BCUT2D eigenvalue weighted by atomic mass is 16.5. The second kappa shape index (κ2) is 8.67. The van der Waals surface area contributed by atoms with Crippen molar-refractivity contribution in [2.24, 2.45) is 4.99 Å². The summed E-state index contributed by atoms with van der Waals surface area (Å²) in [4.78, 5) is 26.3. The van der Waals surface area contributed by atoms with E-state index in [4.69, 9.17) is 4.74 Å². The number of aliphatic imine (C=N–C) groups is 1. The highest BCUT2D eigenvalue weighted by Crippen LogP contribution is 2.09. The predicted molar refractivity (Wildman–Crippen MR) is 83.4 cm³/mol. The van der Waals surface area contributed by atoms with Gasteiger partial charge in [0.2, 0.25) is 6.08 Å². The van der Waals surface area contributed by atoms with Crippen LogP contribution in [0.2, 0.25) is 0 Å². The van der Waals surface area contributed by atoms with E-state index in [0.29, 0.717) is 12.2 Å². The number of ketones is 1. The van der Waals surface area contributed by atoms with Crippen molar-refractivity contribution < 1.29 is 14.3 Å². The number of nitrogens with zero attached hydrogens (tertiary/aromatic N) is 1. The lowest BCUT2D eigenvalue weighted by molar-refractivity contribution is 0.0876. The van der Waals surface area contributed by atoms with Gasteiger partial charge in [-0.15, -0.1) is 0 Å². The van der Waals surface area contributed by atoms with Crippen LogP contribution >= 0.6 is 0 Å². The Hall–Kier alpha value is -2.55. The highest BCUT2D eigenvalue weighted by Gasteiger charge is 2.14. The number of ether oxygens (including phenoxy) is 1. The van der Waals surface area contributed by atoms with E-state index in [1.807, 2.05) is 36.4 Å². The summed E-state index contributed by atoms with van der Waals surface area (Å²) in [6.45, 7) is 0.633. The zero-order valence-electron chi connectivity index (χ0n) is 12.1. The first-order chi connectivity index (χ1) is 10.8. The van der Waals surface area contributed by atoms with Gasteiger partial charge in [0.05, 0.1) is 19.3 Å². The number of hydrogen-bond acceptors (Lipinski definition) is 4. The summed E-state index contributed by atoms with van der Waals surface area (Å²) in [5.74, 6) is -0.0621. The summed E-state index contributed by atoms with van der Waals surface area (Å²) in [6.07, 6.45) is 1.65. The Bertz CT molecular complexity index is 634. The molecular weight excluding hydrogens is 278 g/mol. The monoisotopic (exact) mass is 295 g/mol. The van der Waals surface area contributed by atoms with Crippen molar-refractivity contribution in [2.45, 2.75) is 19.1 Å². The minimum absolute atomic E-state index is 0.0621. The lowest BCUT2D eigenvalue weighted by Gasteiger charge is -2.11. The Morgan fingerprint density at radius 3 is 2.32 bits per heavy atom. The topological polar surface area (TPSA) is 55.7 Å². The SMILES string of the molecule is O=C=NC(COCc1ccccc1)CC(=O)c1ccccc1. The zero-order valence-corrected chi connectivity index (χ0v) is 12.1. The molecule has 2 aromatic rings. The fourth-order valence-electron chi connectivity index (χ4n) is 2.06. The van der Waals surface area contributed by atoms with Crippen LogP contribution in [0, 0.1) is 0 Å². The summed E-state index contributed by atoms with van der Waals surface area (Å²) in [5.41, 5.74) is 1.64. The zero-order chi connectivity index (χ0) is 15.6. The van der Waals surface area contributed by atoms with Gasteiger partial charge < -0.3 is 4.74 Å². The van der Waals surface area contributed by atoms with Crippen LogP contribution in [-0.4, -0.2) is 24.5 Å². The van der Waals surface area contributed by atoms with Crippen LogP contribution in [0.3, 0.4) is 0 Å². The van der Waals surface area contributed by atoms with Gasteiger partial charge >= 0.3 is 0 Å². The number of carbonyl (C=O) groups excluding carboxylic acids is 2. The van der Waals surface area contributed by atoms with Crippen LogP contribution in [0.4, 0.5) is 0 Å². The van der Waals surface area contributed by atoms with E-state index in [1.54, 1.807) is 24.3 Å². The molecule has 4 heteroatoms. The molecule has 0 saturated carbocycles. The summed E-state index contributed by atoms with van der Waals surface area (Å²) in [6, 6.07) is 18.1. The van der Waals surface area contributed by atoms with E-state index < -0.39 is 6.04 Å². The molecule has 0 aliphatic carbocycles. The average molecular weight is 295 g/mol. The number of isocyanates is 1. The Balaban J connectivity index is 1.87. The van der Waals surface area contributed by atoms with E-state index in [0.717, 1.165) is 5.56 Å². The molecule has 0 saturated heterocycles. The van der Waals surface area contributed by atoms with Crippen LogP contribution in [0.5, 0.6) is 0 Å². The third-order valence-electron chi connectivity index (χ3n) is 3.17. The van der Waals surface area contributed by atoms with Crippen molar-refractivity contribution in [1.82, 2.24) is 0 Å². The first-order valence-electron chi connectivity index (χ1n) is 7.06. The summed E-state index contributed by atoms with van der Waals surface area (Å²) in [7, 11) is 0. The van der Waals surface area contributed by atoms with Gasteiger partial charge in [-0.2, -0.15) is 4.99 Å². The first kappa shape index (κ1) is 15.8. The third kappa shape index (κ3) is 5.09. The molecule has 0 spiro atoms. The molecule has 0 amide bonds. The maximum atomic E-state index is 12.1. The van der Waals surface area contributed by atoms with Crippen molar-refractivity contribution in [3.05, 3.63) is 71.8 Å². The van der Waals surface area contributed by atoms with Crippen LogP contribution < -0.4 is 0 Å². The Kier molecular flexibility index (Phi) is 6.24. The van der Waals surface area contributed by atoms with Gasteiger partial charge in [-0.1, -0.05) is 60.7 Å². The van der Waals surface area contributed by atoms with Gasteiger partial charge in [0.1, 0.15) is 0 Å². The van der Waals surface area contributed by atoms with Crippen LogP contribution in [0.1, 0.15) is 22.3 Å². The van der Waals surface area contributed by atoms with E-state index in [2.05, 4.69) is 4.99 Å². The number of Topliss-reactive ketones (excluding diaryl/α,β-unsaturated/α-hetero) is 1. The smallest absolute Gasteiger partial charge is 0.235 e. The van der Waals surface area contributed by atoms with E-state index in [1.165, 1.54) is 6.08 Å². The van der Waals surface area contributed by atoms with Crippen molar-refractivity contribution in [3.8, 4) is 0 Å². The molecule has 0 aliphatic heterocycles. The molecule has 0 heterocycles. The fourth-order valence-corrected chi connectivity index (χ4v) is 2.06. The van der Waals surface area contributed by atoms with E-state index in [-0.39, 0.29) is 18.8 Å². The molecule has 2 rings (SSSR count). The molecule has 0 aliphatic rings. The summed E-state index contributed by atoms with van der Waals surface area (Å²) >= 11 is 0. The van der Waals surface area contributed by atoms with Crippen molar-refractivity contribution in [1.29, 1.82) is 0 Å². The fraction of sp³-hybridized carbons (Fsp3) is 0.222. The van der Waals surface area contributed by atoms with E-state index >= 15 is 0 Å². The van der Waals surface area contributed by atoms with Crippen molar-refractivity contribution >= 4 is 11.9 Å². The summed E-state index contributed by atoms with van der Waals surface area (Å²) < 4.78 is 5.55. The molecule has 2 aromatic carbocycles. The highest BCUT2D eigenvalue weighted by molar-refractivity contribution is 5.96. The van der Waals surface area contributed by atoms with Gasteiger partial charge in [0.15, 0.2) is 5.78 Å². The quantitative estimate of drug-likeness (QED) is 0.427. The number of benzene rings is 2. The van der Waals surface area contributed by atoms with Gasteiger partial charge in [-0.3, -0.25) is 4.79 Å². The molecule has 0 radical (unpaired) electrons. The second-order valence-corrected chi connectivity index (χ2v) is 4.87. The summed E-state index contributed by atoms with van der Waals surface area (Å²) in [5, 5.41) is 0. The lowest BCUT2D eigenvalue weighted by Crippen LogP contribution is -2.18. The minimum Gasteiger partial charge on any atom is -0.375 e. The molecule has 112 valence electrons. The number of rotatable bonds is 8. The molecule has 4 nitrogen and oxygen atoms in total. The van der Waals surface area contributed by atoms with Gasteiger partial charge in [-0.25, -0.2) is 4.79 Å². The molecule has 0 bridgehead atoms. The Labute approximate surface area is 129 Å². The van der Waals surface area contributed by atoms with Crippen molar-refractivity contribution in [2.75, 3.05) is 6.61 Å². The minimum atomic E-state index is -0.506. The van der Waals surface area contributed by atoms with Gasteiger partial charge in [0, 0.05) is 12.0 Å². The van der Waals surface area contributed by atoms with Crippen LogP contribution in [-0.2, 0) is 16.1 Å². The van der Waals surface area contributed by atoms with Gasteiger partial charge in [-0.05, 0) is 5.56 Å². The number of hydrogen-bond donors (Lipinski definition) is 0. The van der Waals surface area contributed by atoms with E-state index in [9.17, 15) is 9.59 Å². The number of carbonyl (C=O) groups is 1. The lowest BCUT2D eigenvalue weighted by atomic mass is 10.0. The van der Waals surface area contributed by atoms with Gasteiger partial charge in [0.25, 0.3) is 0 Å². The largest absolute Gasteiger partial charge is 0.375 e. The normalized spacial score (nSPS) is 11.5. The molecular formula is C18H17NO3. The standard InChI is InChI=1S/C18H17NO3/c20-14-19-17(11-18(21)16-9-5-2-6-10-16)13-22-12-15-7-3-1-4-8-15/h1-10,17H,11-13H2. The maximum absolute atomic E-state index is 12.1. The predicted octanol–water partition coefficient (Wildman–Crippen LogP) is 3.18. The molecule has 0 fully saturated rings. The molecule has 22 heavy (non-hydrogen) atoms. The third-order valence-corrected chi connectivity index (χ3v) is 3.17. The molecule has 0 N–H and O–H groups in total. The molecule has 0 aromatic heterocycles. The van der Waals surface area contributed by atoms with Crippen molar-refractivity contribution in [3.63, 3.8) is 0 Å². The second-order valence-electron chi connectivity index (χ2n) is 4.87. The average Bonchev–Trinajstić information content (AvgIpc) is 2.57. The van der Waals surface area contributed by atoms with Crippen LogP contribution in [0.25, 0.3) is 0 Å². The maximum Gasteiger partial charge on any atom is 0.235 e. The molecule has 1 atom stereocenters. The molecule has 1 unspecified atom stereocenters.